The molecule has 0 spiro atoms. The molecular formula is C10H10Cl2N4O. The van der Waals surface area contributed by atoms with Crippen molar-refractivity contribution in [1.29, 1.82) is 0 Å². The van der Waals surface area contributed by atoms with Gasteiger partial charge in [0.25, 0.3) is 0 Å². The zero-order chi connectivity index (χ0) is 12.4. The summed E-state index contributed by atoms with van der Waals surface area (Å²) in [4.78, 5) is 17.1. The van der Waals surface area contributed by atoms with Gasteiger partial charge >= 0.3 is 6.03 Å². The van der Waals surface area contributed by atoms with E-state index in [2.05, 4.69) is 10.3 Å². The predicted molar refractivity (Wildman–Crippen MR) is 68.7 cm³/mol. The molecule has 2 amide bonds. The summed E-state index contributed by atoms with van der Waals surface area (Å²) in [7, 11) is 0. The van der Waals surface area contributed by atoms with Crippen molar-refractivity contribution in [2.75, 3.05) is 18.4 Å². The Morgan fingerprint density at radius 1 is 1.47 bits per heavy atom. The smallest absolute Gasteiger partial charge is 0.328 e. The first-order valence-corrected chi connectivity index (χ1v) is 5.67. The van der Waals surface area contributed by atoms with Crippen molar-refractivity contribution in [3.8, 4) is 0 Å². The molecule has 0 unspecified atom stereocenters. The number of urea groups is 1. The van der Waals surface area contributed by atoms with Crippen LogP contribution in [-0.2, 0) is 0 Å². The van der Waals surface area contributed by atoms with Gasteiger partial charge in [-0.15, -0.1) is 0 Å². The number of nitrogens with one attached hydrogen (secondary N) is 1. The average molecular weight is 273 g/mol. The minimum atomic E-state index is -0.368. The van der Waals surface area contributed by atoms with Crippen LogP contribution in [0.2, 0.25) is 10.0 Å². The molecule has 0 fully saturated rings. The predicted octanol–water partition coefficient (Wildman–Crippen LogP) is 2.16. The number of carbonyl (C=O) groups is 1. The molecule has 1 heterocycles. The van der Waals surface area contributed by atoms with Crippen LogP contribution in [0.15, 0.2) is 23.2 Å². The van der Waals surface area contributed by atoms with Gasteiger partial charge in [-0.2, -0.15) is 0 Å². The van der Waals surface area contributed by atoms with E-state index in [1.165, 1.54) is 4.90 Å². The third kappa shape index (κ3) is 2.62. The summed E-state index contributed by atoms with van der Waals surface area (Å²) in [6.45, 7) is 0.985. The molecule has 1 aromatic carbocycles. The van der Waals surface area contributed by atoms with E-state index in [1.54, 1.807) is 18.2 Å². The quantitative estimate of drug-likeness (QED) is 0.823. The number of aliphatic imine (C=N–C) groups is 1. The summed E-state index contributed by atoms with van der Waals surface area (Å²) in [6.07, 6.45) is 0. The van der Waals surface area contributed by atoms with Gasteiger partial charge in [0.2, 0.25) is 0 Å². The lowest BCUT2D eigenvalue weighted by atomic mass is 10.3. The molecule has 0 radical (unpaired) electrons. The lowest BCUT2D eigenvalue weighted by Crippen LogP contribution is -2.41. The normalized spacial score (nSPS) is 14.7. The van der Waals surface area contributed by atoms with Crippen LogP contribution in [-0.4, -0.2) is 30.0 Å². The Bertz CT molecular complexity index is 489. The van der Waals surface area contributed by atoms with E-state index < -0.39 is 0 Å². The van der Waals surface area contributed by atoms with Crippen molar-refractivity contribution >= 4 is 40.9 Å². The molecule has 3 N–H and O–H groups in total. The highest BCUT2D eigenvalue weighted by Crippen LogP contribution is 2.25. The molecule has 0 bridgehead atoms. The number of guanidine groups is 1. The third-order valence-corrected chi connectivity index (χ3v) is 2.85. The van der Waals surface area contributed by atoms with Crippen molar-refractivity contribution in [1.82, 2.24) is 4.90 Å². The molecule has 1 aliphatic heterocycles. The first-order valence-electron chi connectivity index (χ1n) is 4.91. The summed E-state index contributed by atoms with van der Waals surface area (Å²) >= 11 is 11.7. The first-order chi connectivity index (χ1) is 8.08. The van der Waals surface area contributed by atoms with E-state index in [9.17, 15) is 4.79 Å². The Hall–Kier alpha value is -1.46. The number of anilines is 1. The topological polar surface area (TPSA) is 70.7 Å². The Kier molecular flexibility index (Phi) is 3.40. The number of rotatable bonds is 1. The third-order valence-electron chi connectivity index (χ3n) is 2.29. The van der Waals surface area contributed by atoms with Crippen molar-refractivity contribution < 1.29 is 4.79 Å². The Morgan fingerprint density at radius 3 is 2.88 bits per heavy atom. The number of hydrogen-bond donors (Lipinski definition) is 2. The summed E-state index contributed by atoms with van der Waals surface area (Å²) in [5.74, 6) is 0.209. The van der Waals surface area contributed by atoms with Crippen LogP contribution in [0, 0.1) is 0 Å². The van der Waals surface area contributed by atoms with Crippen LogP contribution in [0.3, 0.4) is 0 Å². The molecular weight excluding hydrogens is 263 g/mol. The highest BCUT2D eigenvalue weighted by Gasteiger charge is 2.21. The van der Waals surface area contributed by atoms with Crippen molar-refractivity contribution in [2.45, 2.75) is 0 Å². The van der Waals surface area contributed by atoms with Crippen molar-refractivity contribution in [3.63, 3.8) is 0 Å². The SMILES string of the molecule is NC1=NCCN1C(=O)Nc1cc(Cl)ccc1Cl. The molecule has 90 valence electrons. The molecule has 1 aliphatic rings. The van der Waals surface area contributed by atoms with Gasteiger partial charge in [-0.05, 0) is 18.2 Å². The highest BCUT2D eigenvalue weighted by atomic mass is 35.5. The number of carbonyl (C=O) groups excluding carboxylic acids is 1. The summed E-state index contributed by atoms with van der Waals surface area (Å²) in [6, 6.07) is 4.46. The fourth-order valence-electron chi connectivity index (χ4n) is 1.45. The van der Waals surface area contributed by atoms with Crippen molar-refractivity contribution in [3.05, 3.63) is 28.2 Å². The van der Waals surface area contributed by atoms with E-state index in [1.807, 2.05) is 0 Å². The number of nitrogens with two attached hydrogens (primary N) is 1. The maximum atomic E-state index is 11.8. The molecule has 0 aliphatic carbocycles. The lowest BCUT2D eigenvalue weighted by Gasteiger charge is -2.16. The van der Waals surface area contributed by atoms with E-state index in [-0.39, 0.29) is 12.0 Å². The standard InChI is InChI=1S/C10H10Cl2N4O/c11-6-1-2-7(12)8(5-6)15-10(17)16-4-3-14-9(16)13/h1-2,5H,3-4H2,(H2,13,14)(H,15,17). The molecule has 1 aromatic rings. The van der Waals surface area contributed by atoms with Crippen LogP contribution in [0.1, 0.15) is 0 Å². The second kappa shape index (κ2) is 4.81. The molecule has 0 saturated heterocycles. The van der Waals surface area contributed by atoms with Gasteiger partial charge in [0.1, 0.15) is 0 Å². The van der Waals surface area contributed by atoms with Gasteiger partial charge in [0, 0.05) is 5.02 Å². The Morgan fingerprint density at radius 2 is 2.24 bits per heavy atom. The van der Waals surface area contributed by atoms with Gasteiger partial charge in [0.15, 0.2) is 5.96 Å². The zero-order valence-corrected chi connectivity index (χ0v) is 10.3. The van der Waals surface area contributed by atoms with Gasteiger partial charge in [-0.1, -0.05) is 23.2 Å². The number of benzene rings is 1. The minimum Gasteiger partial charge on any atom is -0.369 e. The molecule has 5 nitrogen and oxygen atoms in total. The zero-order valence-electron chi connectivity index (χ0n) is 8.78. The van der Waals surface area contributed by atoms with Gasteiger partial charge in [-0.25, -0.2) is 4.79 Å². The Balaban J connectivity index is 2.13. The van der Waals surface area contributed by atoms with Crippen LogP contribution >= 0.6 is 23.2 Å². The Labute approximate surface area is 108 Å². The number of amides is 2. The van der Waals surface area contributed by atoms with Crippen LogP contribution in [0.25, 0.3) is 0 Å². The van der Waals surface area contributed by atoms with Gasteiger partial charge in [-0.3, -0.25) is 9.89 Å². The second-order valence-electron chi connectivity index (χ2n) is 3.45. The second-order valence-corrected chi connectivity index (χ2v) is 4.29. The first kappa shape index (κ1) is 12.0. The maximum absolute atomic E-state index is 11.8. The van der Waals surface area contributed by atoms with Crippen LogP contribution < -0.4 is 11.1 Å². The fraction of sp³-hybridized carbons (Fsp3) is 0.200. The molecule has 7 heteroatoms. The fourth-order valence-corrected chi connectivity index (χ4v) is 1.78. The largest absolute Gasteiger partial charge is 0.369 e. The van der Waals surface area contributed by atoms with E-state index in [4.69, 9.17) is 28.9 Å². The summed E-state index contributed by atoms with van der Waals surface area (Å²) < 4.78 is 0. The molecule has 0 saturated carbocycles. The monoisotopic (exact) mass is 272 g/mol. The molecule has 0 aromatic heterocycles. The average Bonchev–Trinajstić information content (AvgIpc) is 2.70. The van der Waals surface area contributed by atoms with E-state index in [0.29, 0.717) is 28.8 Å². The molecule has 2 rings (SSSR count). The van der Waals surface area contributed by atoms with Gasteiger partial charge in [0.05, 0.1) is 23.8 Å². The number of halogens is 2. The van der Waals surface area contributed by atoms with E-state index >= 15 is 0 Å². The number of nitrogens with zero attached hydrogens (tertiary/aromatic N) is 2. The van der Waals surface area contributed by atoms with Crippen molar-refractivity contribution in [2.24, 2.45) is 10.7 Å². The van der Waals surface area contributed by atoms with Gasteiger partial charge < -0.3 is 11.1 Å². The maximum Gasteiger partial charge on any atom is 0.328 e. The van der Waals surface area contributed by atoms with Crippen LogP contribution in [0.5, 0.6) is 0 Å². The lowest BCUT2D eigenvalue weighted by molar-refractivity contribution is 0.236. The highest BCUT2D eigenvalue weighted by molar-refractivity contribution is 6.35. The summed E-state index contributed by atoms with van der Waals surface area (Å²) in [5, 5.41) is 3.54. The minimum absolute atomic E-state index is 0.209. The summed E-state index contributed by atoms with van der Waals surface area (Å²) in [5.41, 5.74) is 6.01. The van der Waals surface area contributed by atoms with E-state index in [0.717, 1.165) is 0 Å². The number of hydrogen-bond acceptors (Lipinski definition) is 3. The van der Waals surface area contributed by atoms with Crippen LogP contribution in [0.4, 0.5) is 10.5 Å². The molecule has 17 heavy (non-hydrogen) atoms. The molecule has 0 atom stereocenters.